The van der Waals surface area contributed by atoms with Crippen molar-refractivity contribution in [3.05, 3.63) is 119 Å². The number of quaternary nitrogens is 2. The summed E-state index contributed by atoms with van der Waals surface area (Å²) in [6, 6.07) is 25.4. The molecule has 6 N–H and O–H groups in total. The lowest BCUT2D eigenvalue weighted by molar-refractivity contribution is 0.0156. The van der Waals surface area contributed by atoms with E-state index in [-0.39, 0.29) is 75.0 Å². The summed E-state index contributed by atoms with van der Waals surface area (Å²) in [5, 5.41) is 46.7. The number of amides is 4. The number of nitrogens with zero attached hydrogens (tertiary/aromatic N) is 2. The molecule has 4 amide bonds. The number of methoxy groups -OCH3 is 2. The van der Waals surface area contributed by atoms with E-state index in [1.165, 1.54) is 69.6 Å². The molecule has 0 spiro atoms. The molecule has 4 aromatic rings. The zero-order valence-electron chi connectivity index (χ0n) is 51.4. The Hall–Kier alpha value is -7.28. The van der Waals surface area contributed by atoms with Crippen LogP contribution in [0.15, 0.2) is 97.1 Å². The van der Waals surface area contributed by atoms with Crippen molar-refractivity contribution in [3.8, 4) is 0 Å². The zero-order chi connectivity index (χ0) is 63.9. The predicted octanol–water partition coefficient (Wildman–Crippen LogP) is 9.62. The molecule has 0 aliphatic rings. The third-order valence-electron chi connectivity index (χ3n) is 14.1. The first kappa shape index (κ1) is 71.2. The Kier molecular flexibility index (Phi) is 26.9. The van der Waals surface area contributed by atoms with Crippen LogP contribution < -0.4 is 19.6 Å². The van der Waals surface area contributed by atoms with Gasteiger partial charge in [0.05, 0.1) is 53.7 Å². The van der Waals surface area contributed by atoms with Crippen molar-refractivity contribution in [2.24, 2.45) is 0 Å². The lowest BCUT2D eigenvalue weighted by Gasteiger charge is -2.33. The van der Waals surface area contributed by atoms with Crippen molar-refractivity contribution in [1.29, 1.82) is 0 Å². The summed E-state index contributed by atoms with van der Waals surface area (Å²) in [7, 11) is 2.55. The lowest BCUT2D eigenvalue weighted by atomic mass is 9.95. The molecule has 0 aromatic heterocycles. The predicted molar refractivity (Wildman–Crippen MR) is 323 cm³/mol. The standard InChI is InChI=1S/C64H86N4O18/c1-61(2,77)53(69)45-19-27-49(28-20-45)67(59(75)81-9,50-29-21-46(22-30-50)54(70)62(3,4)78)37-17-13-11-15-35-65-57(73)85-43-41-83-39-40-84-42-44-86-58(74)66-36-16-12-14-18-38-68(60(76)82-10,51-31-23-47(24-32-51)55(71)63(5,6)79)52-33-25-48(26-34-52)56(72)64(7,8)80/h19-34,77-80H,11-18,35-44H2,1-10H3/p+2. The van der Waals surface area contributed by atoms with Gasteiger partial charge in [-0.05, 0) is 142 Å². The maximum absolute atomic E-state index is 13.9. The van der Waals surface area contributed by atoms with E-state index in [9.17, 15) is 58.8 Å². The van der Waals surface area contributed by atoms with E-state index < -0.39 is 78.9 Å². The number of rotatable bonds is 35. The molecular formula is C64H88N4O18+2. The first-order chi connectivity index (χ1) is 40.4. The van der Waals surface area contributed by atoms with E-state index in [2.05, 4.69) is 10.6 Å². The maximum Gasteiger partial charge on any atom is 0.526 e. The van der Waals surface area contributed by atoms with Crippen LogP contribution in [0.1, 0.15) is 148 Å². The molecular weight excluding hydrogens is 1110 g/mol. The third-order valence-corrected chi connectivity index (χ3v) is 14.1. The second-order valence-corrected chi connectivity index (χ2v) is 22.9. The summed E-state index contributed by atoms with van der Waals surface area (Å²) in [6.45, 7) is 13.0. The van der Waals surface area contributed by atoms with Crippen molar-refractivity contribution in [2.45, 2.75) is 129 Å². The fraction of sp³-hybridized carbons (Fsp3) is 0.500. The number of unbranched alkanes of at least 4 members (excludes halogenated alkanes) is 6. The third kappa shape index (κ3) is 20.2. The van der Waals surface area contributed by atoms with Crippen LogP contribution in [0.4, 0.5) is 41.9 Å². The van der Waals surface area contributed by atoms with E-state index >= 15 is 0 Å². The highest BCUT2D eigenvalue weighted by molar-refractivity contribution is 6.05. The van der Waals surface area contributed by atoms with Gasteiger partial charge in [0.25, 0.3) is 0 Å². The number of alkyl carbamates (subject to hydrolysis) is 2. The Morgan fingerprint density at radius 1 is 0.360 bits per heavy atom. The zero-order valence-corrected chi connectivity index (χ0v) is 51.4. The SMILES string of the molecule is COC(=O)[N+](CCCCCCNC(=O)OCCOCCOCCOC(=O)NCCCCCC[N+](C(=O)OC)(c1ccc(C(=O)C(C)(C)O)cc1)c1ccc(C(=O)C(C)(C)O)cc1)(c1ccc(C(=O)C(C)(C)O)cc1)c1ccc(C(=O)C(C)(C)O)cc1. The maximum atomic E-state index is 13.9. The number of hydrogen-bond donors (Lipinski definition) is 6. The smallest absolute Gasteiger partial charge is 0.447 e. The molecule has 0 radical (unpaired) electrons. The van der Waals surface area contributed by atoms with Crippen LogP contribution in [0.3, 0.4) is 0 Å². The van der Waals surface area contributed by atoms with E-state index in [0.29, 0.717) is 87.2 Å². The fourth-order valence-electron chi connectivity index (χ4n) is 9.46. The Morgan fingerprint density at radius 3 is 0.826 bits per heavy atom. The van der Waals surface area contributed by atoms with Crippen LogP contribution in [0.2, 0.25) is 0 Å². The molecule has 0 saturated heterocycles. The monoisotopic (exact) mass is 1200 g/mol. The molecule has 0 atom stereocenters. The van der Waals surface area contributed by atoms with Crippen LogP contribution in [-0.4, -0.2) is 170 Å². The van der Waals surface area contributed by atoms with Gasteiger partial charge < -0.3 is 59.5 Å². The first-order valence-corrected chi connectivity index (χ1v) is 28.9. The minimum atomic E-state index is -1.61. The summed E-state index contributed by atoms with van der Waals surface area (Å²) in [6.07, 6.45) is 2.57. The number of carbonyl (C=O) groups is 8. The normalized spacial score (nSPS) is 12.2. The van der Waals surface area contributed by atoms with Crippen molar-refractivity contribution in [2.75, 3.05) is 80.0 Å². The van der Waals surface area contributed by atoms with E-state index in [4.69, 9.17) is 28.4 Å². The summed E-state index contributed by atoms with van der Waals surface area (Å²) < 4.78 is 31.3. The highest BCUT2D eigenvalue weighted by Crippen LogP contribution is 2.40. The van der Waals surface area contributed by atoms with Gasteiger partial charge in [-0.3, -0.25) is 19.2 Å². The van der Waals surface area contributed by atoms with Gasteiger partial charge in [0.15, 0.2) is 23.1 Å². The minimum absolute atomic E-state index is 0.00392. The Balaban J connectivity index is 1.12. The van der Waals surface area contributed by atoms with Crippen molar-refractivity contribution >= 4 is 70.3 Å². The molecule has 4 rings (SSSR count). The van der Waals surface area contributed by atoms with Gasteiger partial charge >= 0.3 is 24.4 Å². The summed E-state index contributed by atoms with van der Waals surface area (Å²) in [4.78, 5) is 104. The fourth-order valence-corrected chi connectivity index (χ4v) is 9.46. The van der Waals surface area contributed by atoms with E-state index in [1.807, 2.05) is 0 Å². The largest absolute Gasteiger partial charge is 0.526 e. The van der Waals surface area contributed by atoms with Gasteiger partial charge in [0.2, 0.25) is 0 Å². The highest BCUT2D eigenvalue weighted by atomic mass is 16.6. The topological polar surface area (TPSA) is 297 Å². The number of hydrogen-bond acceptors (Lipinski definition) is 18. The molecule has 4 aromatic carbocycles. The van der Waals surface area contributed by atoms with Gasteiger partial charge in [0, 0.05) is 83.9 Å². The molecule has 0 aliphatic heterocycles. The van der Waals surface area contributed by atoms with Crippen molar-refractivity contribution in [3.63, 3.8) is 0 Å². The molecule has 0 aliphatic carbocycles. The Morgan fingerprint density at radius 2 is 0.593 bits per heavy atom. The number of aliphatic hydroxyl groups is 4. The number of ether oxygens (including phenoxy) is 6. The highest BCUT2D eigenvalue weighted by Gasteiger charge is 2.45. The molecule has 86 heavy (non-hydrogen) atoms. The van der Waals surface area contributed by atoms with Gasteiger partial charge in [-0.15, -0.1) is 0 Å². The Labute approximate surface area is 503 Å². The molecule has 0 fully saturated rings. The van der Waals surface area contributed by atoms with Crippen LogP contribution in [0, 0.1) is 0 Å². The van der Waals surface area contributed by atoms with Gasteiger partial charge in [-0.2, -0.15) is 18.6 Å². The van der Waals surface area contributed by atoms with Crippen LogP contribution in [-0.2, 0) is 28.4 Å². The number of Topliss-reactive ketones (excluding diaryl/α,β-unsaturated/α-hetero) is 4. The van der Waals surface area contributed by atoms with Gasteiger partial charge in [-0.1, -0.05) is 12.8 Å². The summed E-state index contributed by atoms with van der Waals surface area (Å²) in [5.41, 5.74) is -3.48. The number of nitrogens with one attached hydrogen (secondary N) is 2. The second-order valence-electron chi connectivity index (χ2n) is 22.9. The molecule has 22 heteroatoms. The van der Waals surface area contributed by atoms with E-state index in [1.54, 1.807) is 97.1 Å². The van der Waals surface area contributed by atoms with Crippen molar-refractivity contribution < 1.29 is 87.2 Å². The second kappa shape index (κ2) is 32.5. The van der Waals surface area contributed by atoms with Crippen LogP contribution in [0.25, 0.3) is 0 Å². The molecule has 22 nitrogen and oxygen atoms in total. The summed E-state index contributed by atoms with van der Waals surface area (Å²) >= 11 is 0. The first-order valence-electron chi connectivity index (χ1n) is 28.9. The average Bonchev–Trinajstić information content (AvgIpc) is 0.909. The lowest BCUT2D eigenvalue weighted by Crippen LogP contribution is -2.50. The molecule has 0 heterocycles. The van der Waals surface area contributed by atoms with Crippen LogP contribution >= 0.6 is 0 Å². The summed E-state index contributed by atoms with van der Waals surface area (Å²) in [5.74, 6) is -1.96. The minimum Gasteiger partial charge on any atom is -0.447 e. The molecule has 0 saturated carbocycles. The molecule has 470 valence electrons. The van der Waals surface area contributed by atoms with E-state index in [0.717, 1.165) is 0 Å². The molecule has 0 bridgehead atoms. The number of ketones is 4. The number of carbonyl (C=O) groups excluding carboxylic acids is 8. The average molecular weight is 1200 g/mol. The number of benzene rings is 4. The van der Waals surface area contributed by atoms with Gasteiger partial charge in [-0.25, -0.2) is 9.59 Å². The van der Waals surface area contributed by atoms with Crippen molar-refractivity contribution in [1.82, 2.24) is 19.6 Å². The van der Waals surface area contributed by atoms with Gasteiger partial charge in [0.1, 0.15) is 58.4 Å². The van der Waals surface area contributed by atoms with Crippen LogP contribution in [0.5, 0.6) is 0 Å². The molecule has 0 unspecified atom stereocenters. The quantitative estimate of drug-likeness (QED) is 0.0108. The Bertz CT molecular complexity index is 2550.